The molecule has 0 N–H and O–H groups in total. The molecule has 0 radical (unpaired) electrons. The fourth-order valence-corrected chi connectivity index (χ4v) is 5.33. The topological polar surface area (TPSA) is 21.7 Å². The van der Waals surface area contributed by atoms with Crippen molar-refractivity contribution in [2.24, 2.45) is 0 Å². The molecular weight excluding hydrogens is 366 g/mol. The van der Waals surface area contributed by atoms with Gasteiger partial charge in [-0.3, -0.25) is 8.80 Å². The molecule has 3 nitrogen and oxygen atoms in total. The first-order valence-corrected chi connectivity index (χ1v) is 10.3. The number of fused-ring (bicyclic) bond motifs is 11. The Kier molecular flexibility index (Phi) is 2.42. The molecule has 138 valence electrons. The first-order valence-electron chi connectivity index (χ1n) is 10.3. The highest BCUT2D eigenvalue weighted by molar-refractivity contribution is 6.22. The predicted molar refractivity (Wildman–Crippen MR) is 125 cm³/mol. The molecule has 3 heterocycles. The highest BCUT2D eigenvalue weighted by atomic mass is 15.2. The van der Waals surface area contributed by atoms with Crippen LogP contribution in [0.25, 0.3) is 65.7 Å². The summed E-state index contributed by atoms with van der Waals surface area (Å²) in [6, 6.07) is 32.7. The number of nitrogens with zero attached hydrogens (tertiary/aromatic N) is 3. The Hall–Kier alpha value is -4.11. The maximum Gasteiger partial charge on any atom is 0.220 e. The first-order chi connectivity index (χ1) is 14.9. The molecule has 0 unspecified atom stereocenters. The molecule has 8 aromatic rings. The molecule has 8 rings (SSSR count). The SMILES string of the molecule is c1ccc2cc3c(cc2c1)nc1n3c2cccc3c4ccc5ccccc5c4n1c32. The molecule has 0 aliphatic rings. The minimum Gasteiger partial charge on any atom is -0.276 e. The summed E-state index contributed by atoms with van der Waals surface area (Å²) in [6.07, 6.45) is 0. The molecule has 0 aliphatic heterocycles. The number of benzene rings is 5. The number of hydrogen-bond acceptors (Lipinski definition) is 1. The van der Waals surface area contributed by atoms with Gasteiger partial charge in [0, 0.05) is 16.2 Å². The minimum atomic E-state index is 0.984. The van der Waals surface area contributed by atoms with Crippen molar-refractivity contribution in [2.75, 3.05) is 0 Å². The van der Waals surface area contributed by atoms with Gasteiger partial charge in [0.05, 0.1) is 27.6 Å². The molecule has 5 aromatic carbocycles. The minimum absolute atomic E-state index is 0.984. The van der Waals surface area contributed by atoms with E-state index in [-0.39, 0.29) is 0 Å². The van der Waals surface area contributed by atoms with E-state index in [9.17, 15) is 0 Å². The van der Waals surface area contributed by atoms with E-state index in [0.717, 1.165) is 16.8 Å². The molecule has 0 saturated carbocycles. The summed E-state index contributed by atoms with van der Waals surface area (Å²) in [5.74, 6) is 0.984. The van der Waals surface area contributed by atoms with Crippen LogP contribution in [-0.2, 0) is 0 Å². The molecule has 0 saturated heterocycles. The summed E-state index contributed by atoms with van der Waals surface area (Å²) in [7, 11) is 0. The Morgan fingerprint density at radius 1 is 0.500 bits per heavy atom. The van der Waals surface area contributed by atoms with Crippen LogP contribution in [0.15, 0.2) is 91.0 Å². The van der Waals surface area contributed by atoms with Crippen LogP contribution in [0, 0.1) is 0 Å². The van der Waals surface area contributed by atoms with E-state index >= 15 is 0 Å². The third-order valence-electron chi connectivity index (χ3n) is 6.60. The van der Waals surface area contributed by atoms with Crippen LogP contribution < -0.4 is 0 Å². The van der Waals surface area contributed by atoms with Crippen LogP contribution in [0.3, 0.4) is 0 Å². The Morgan fingerprint density at radius 2 is 1.23 bits per heavy atom. The fourth-order valence-electron chi connectivity index (χ4n) is 5.33. The van der Waals surface area contributed by atoms with E-state index in [1.165, 1.54) is 48.9 Å². The van der Waals surface area contributed by atoms with Crippen LogP contribution in [0.4, 0.5) is 0 Å². The van der Waals surface area contributed by atoms with Crippen LogP contribution in [0.2, 0.25) is 0 Å². The highest BCUT2D eigenvalue weighted by Gasteiger charge is 2.21. The number of hydrogen-bond donors (Lipinski definition) is 0. The van der Waals surface area contributed by atoms with E-state index in [2.05, 4.69) is 99.8 Å². The second-order valence-electron chi connectivity index (χ2n) is 8.13. The summed E-state index contributed by atoms with van der Waals surface area (Å²) < 4.78 is 4.69. The van der Waals surface area contributed by atoms with E-state index in [1.807, 2.05) is 0 Å². The highest BCUT2D eigenvalue weighted by Crippen LogP contribution is 2.39. The molecule has 0 spiro atoms. The van der Waals surface area contributed by atoms with Gasteiger partial charge < -0.3 is 0 Å². The molecule has 0 fully saturated rings. The van der Waals surface area contributed by atoms with E-state index in [1.54, 1.807) is 0 Å². The van der Waals surface area contributed by atoms with Gasteiger partial charge in [0.25, 0.3) is 0 Å². The normalized spacial score (nSPS) is 12.7. The van der Waals surface area contributed by atoms with Crippen LogP contribution in [-0.4, -0.2) is 13.8 Å². The third kappa shape index (κ3) is 1.58. The number of imidazole rings is 2. The van der Waals surface area contributed by atoms with E-state index < -0.39 is 0 Å². The average molecular weight is 381 g/mol. The second-order valence-corrected chi connectivity index (χ2v) is 8.13. The van der Waals surface area contributed by atoms with Crippen molar-refractivity contribution >= 4 is 65.7 Å². The standard InChI is InChI=1S/C27H15N3/c1-2-8-18-15-24-22(14-17(18)7-1)28-27-29(24)23-11-5-10-20-21-13-12-16-6-3-4-9-19(16)25(21)30(27)26(20)23/h1-15H. The largest absolute Gasteiger partial charge is 0.276 e. The lowest BCUT2D eigenvalue weighted by Gasteiger charge is -2.01. The van der Waals surface area contributed by atoms with Crippen molar-refractivity contribution in [3.05, 3.63) is 91.0 Å². The van der Waals surface area contributed by atoms with Crippen molar-refractivity contribution in [2.45, 2.75) is 0 Å². The van der Waals surface area contributed by atoms with Crippen LogP contribution in [0.5, 0.6) is 0 Å². The van der Waals surface area contributed by atoms with Crippen molar-refractivity contribution in [1.29, 1.82) is 0 Å². The molecule has 0 bridgehead atoms. The summed E-state index contributed by atoms with van der Waals surface area (Å²) in [5.41, 5.74) is 5.90. The maximum atomic E-state index is 5.14. The van der Waals surface area contributed by atoms with Gasteiger partial charge in [-0.2, -0.15) is 0 Å². The Bertz CT molecular complexity index is 1950. The number of rotatable bonds is 0. The summed E-state index contributed by atoms with van der Waals surface area (Å²) >= 11 is 0. The van der Waals surface area contributed by atoms with Crippen molar-refractivity contribution in [1.82, 2.24) is 13.8 Å². The lowest BCUT2D eigenvalue weighted by Crippen LogP contribution is -1.85. The molecule has 3 aromatic heterocycles. The monoisotopic (exact) mass is 381 g/mol. The predicted octanol–water partition coefficient (Wildman–Crippen LogP) is 6.79. The molecule has 30 heavy (non-hydrogen) atoms. The fraction of sp³-hybridized carbons (Fsp3) is 0. The van der Waals surface area contributed by atoms with Gasteiger partial charge in [-0.1, -0.05) is 72.8 Å². The zero-order valence-electron chi connectivity index (χ0n) is 16.0. The Balaban J connectivity index is 1.73. The van der Waals surface area contributed by atoms with Gasteiger partial charge in [0.1, 0.15) is 0 Å². The van der Waals surface area contributed by atoms with E-state index in [4.69, 9.17) is 4.98 Å². The molecule has 0 aliphatic carbocycles. The second kappa shape index (κ2) is 4.89. The van der Waals surface area contributed by atoms with Gasteiger partial charge in [-0.25, -0.2) is 4.98 Å². The number of aromatic nitrogens is 3. The maximum absolute atomic E-state index is 5.14. The van der Waals surface area contributed by atoms with Gasteiger partial charge in [0.2, 0.25) is 5.78 Å². The van der Waals surface area contributed by atoms with Crippen molar-refractivity contribution in [3.63, 3.8) is 0 Å². The van der Waals surface area contributed by atoms with Gasteiger partial charge in [-0.05, 0) is 34.4 Å². The Labute approximate surface area is 170 Å². The van der Waals surface area contributed by atoms with Gasteiger partial charge >= 0.3 is 0 Å². The van der Waals surface area contributed by atoms with Crippen molar-refractivity contribution < 1.29 is 0 Å². The Morgan fingerprint density at radius 3 is 2.13 bits per heavy atom. The van der Waals surface area contributed by atoms with Crippen LogP contribution >= 0.6 is 0 Å². The van der Waals surface area contributed by atoms with Gasteiger partial charge in [0.15, 0.2) is 0 Å². The zero-order valence-corrected chi connectivity index (χ0v) is 16.0. The third-order valence-corrected chi connectivity index (χ3v) is 6.60. The summed E-state index contributed by atoms with van der Waals surface area (Å²) in [6.45, 7) is 0. The molecular formula is C27H15N3. The van der Waals surface area contributed by atoms with Crippen molar-refractivity contribution in [3.8, 4) is 0 Å². The lowest BCUT2D eigenvalue weighted by atomic mass is 10.1. The van der Waals surface area contributed by atoms with E-state index in [0.29, 0.717) is 0 Å². The lowest BCUT2D eigenvalue weighted by molar-refractivity contribution is 1.22. The first kappa shape index (κ1) is 14.8. The summed E-state index contributed by atoms with van der Waals surface area (Å²) in [5, 5.41) is 7.56. The molecule has 0 atom stereocenters. The smallest absolute Gasteiger partial charge is 0.220 e. The van der Waals surface area contributed by atoms with Crippen LogP contribution in [0.1, 0.15) is 0 Å². The number of para-hydroxylation sites is 1. The zero-order chi connectivity index (χ0) is 19.4. The average Bonchev–Trinajstić information content (AvgIpc) is 3.42. The quantitative estimate of drug-likeness (QED) is 0.283. The molecule has 0 amide bonds. The summed E-state index contributed by atoms with van der Waals surface area (Å²) in [4.78, 5) is 5.14. The van der Waals surface area contributed by atoms with Gasteiger partial charge in [-0.15, -0.1) is 0 Å². The molecule has 3 heteroatoms.